The number of nitrogens with zero attached hydrogens (tertiary/aromatic N) is 1. The molecular formula is C25H19NO3. The maximum Gasteiger partial charge on any atom is 0.336 e. The van der Waals surface area contributed by atoms with Crippen LogP contribution in [0.4, 0.5) is 0 Å². The summed E-state index contributed by atoms with van der Waals surface area (Å²) in [5, 5.41) is 9.47. The molecular weight excluding hydrogens is 362 g/mol. The Hall–Kier alpha value is -4.10. The van der Waals surface area contributed by atoms with Crippen molar-refractivity contribution in [2.45, 2.75) is 0 Å². The number of ether oxygens (including phenoxy) is 2. The lowest BCUT2D eigenvalue weighted by Gasteiger charge is -2.09. The van der Waals surface area contributed by atoms with Gasteiger partial charge in [-0.15, -0.1) is 0 Å². The Morgan fingerprint density at radius 3 is 2.24 bits per heavy atom. The molecule has 0 bridgehead atoms. The molecule has 142 valence electrons. The molecule has 4 nitrogen and oxygen atoms in total. The number of carbonyl (C=O) groups excluding carboxylic acids is 1. The number of nitriles is 1. The summed E-state index contributed by atoms with van der Waals surface area (Å²) < 4.78 is 10.7. The molecule has 29 heavy (non-hydrogen) atoms. The van der Waals surface area contributed by atoms with E-state index >= 15 is 0 Å². The zero-order valence-electron chi connectivity index (χ0n) is 15.9. The molecule has 0 unspecified atom stereocenters. The lowest BCUT2D eigenvalue weighted by atomic mass is 10.0. The van der Waals surface area contributed by atoms with Crippen LogP contribution in [0, 0.1) is 11.3 Å². The zero-order chi connectivity index (χ0) is 20.5. The lowest BCUT2D eigenvalue weighted by Crippen LogP contribution is -2.05. The molecule has 0 spiro atoms. The normalized spacial score (nSPS) is 11.1. The molecule has 0 atom stereocenters. The van der Waals surface area contributed by atoms with Crippen LogP contribution in [0.25, 0.3) is 17.7 Å². The van der Waals surface area contributed by atoms with Crippen LogP contribution in [0.1, 0.15) is 16.7 Å². The van der Waals surface area contributed by atoms with Crippen molar-refractivity contribution >= 4 is 23.7 Å². The molecule has 0 aliphatic heterocycles. The topological polar surface area (TPSA) is 59.3 Å². The van der Waals surface area contributed by atoms with Crippen LogP contribution in [0.15, 0.2) is 84.9 Å². The van der Waals surface area contributed by atoms with E-state index in [2.05, 4.69) is 6.07 Å². The van der Waals surface area contributed by atoms with Gasteiger partial charge in [0, 0.05) is 6.08 Å². The van der Waals surface area contributed by atoms with Gasteiger partial charge in [-0.25, -0.2) is 4.79 Å². The van der Waals surface area contributed by atoms with Crippen molar-refractivity contribution in [3.05, 3.63) is 102 Å². The first kappa shape index (κ1) is 19.7. The quantitative estimate of drug-likeness (QED) is 0.189. The second-order valence-electron chi connectivity index (χ2n) is 6.11. The highest BCUT2D eigenvalue weighted by molar-refractivity contribution is 5.91. The van der Waals surface area contributed by atoms with Crippen molar-refractivity contribution in [1.82, 2.24) is 0 Å². The molecule has 0 saturated heterocycles. The van der Waals surface area contributed by atoms with Gasteiger partial charge < -0.3 is 9.47 Å². The van der Waals surface area contributed by atoms with Crippen LogP contribution in [0.2, 0.25) is 0 Å². The molecule has 3 rings (SSSR count). The predicted octanol–water partition coefficient (Wildman–Crippen LogP) is 5.38. The van der Waals surface area contributed by atoms with Crippen molar-refractivity contribution in [2.24, 2.45) is 0 Å². The van der Waals surface area contributed by atoms with Gasteiger partial charge in [-0.2, -0.15) is 5.26 Å². The molecule has 0 aromatic heterocycles. The Balaban J connectivity index is 1.78. The molecule has 0 aliphatic rings. The third-order valence-electron chi connectivity index (χ3n) is 4.13. The van der Waals surface area contributed by atoms with Gasteiger partial charge in [0.1, 0.15) is 0 Å². The standard InChI is InChI=1S/C25H19NO3/c1-28-24-17-20(16-22(18-26)21-10-6-3-7-11-21)12-14-23(24)29-25(27)15-13-19-8-4-2-5-9-19/h2-17H,1H3/b15-13+,22-16-. The van der Waals surface area contributed by atoms with E-state index in [1.54, 1.807) is 30.4 Å². The first-order chi connectivity index (χ1) is 14.2. The van der Waals surface area contributed by atoms with Crippen LogP contribution < -0.4 is 9.47 Å². The number of hydrogen-bond acceptors (Lipinski definition) is 4. The van der Waals surface area contributed by atoms with E-state index in [1.807, 2.05) is 60.7 Å². The molecule has 0 radical (unpaired) electrons. The van der Waals surface area contributed by atoms with Gasteiger partial charge in [0.15, 0.2) is 11.5 Å². The summed E-state index contributed by atoms with van der Waals surface area (Å²) in [6.07, 6.45) is 4.81. The Bertz CT molecular complexity index is 1080. The Kier molecular flexibility index (Phi) is 6.59. The third kappa shape index (κ3) is 5.44. The molecule has 3 aromatic carbocycles. The van der Waals surface area contributed by atoms with Crippen molar-refractivity contribution < 1.29 is 14.3 Å². The Morgan fingerprint density at radius 2 is 1.59 bits per heavy atom. The van der Waals surface area contributed by atoms with Crippen LogP contribution in [0.3, 0.4) is 0 Å². The summed E-state index contributed by atoms with van der Waals surface area (Å²) in [5.74, 6) is 0.216. The van der Waals surface area contributed by atoms with Gasteiger partial charge in [-0.3, -0.25) is 0 Å². The van der Waals surface area contributed by atoms with Gasteiger partial charge in [0.25, 0.3) is 0 Å². The molecule has 0 saturated carbocycles. The maximum absolute atomic E-state index is 12.1. The molecule has 3 aromatic rings. The average Bonchev–Trinajstić information content (AvgIpc) is 2.78. The highest BCUT2D eigenvalue weighted by atomic mass is 16.6. The SMILES string of the molecule is COc1cc(/C=C(/C#N)c2ccccc2)ccc1OC(=O)/C=C/c1ccccc1. The number of hydrogen-bond donors (Lipinski definition) is 0. The number of carbonyl (C=O) groups is 1. The first-order valence-corrected chi connectivity index (χ1v) is 9.00. The van der Waals surface area contributed by atoms with Gasteiger partial charge in [0.2, 0.25) is 0 Å². The first-order valence-electron chi connectivity index (χ1n) is 9.00. The van der Waals surface area contributed by atoms with Gasteiger partial charge in [-0.1, -0.05) is 66.7 Å². The fourth-order valence-electron chi connectivity index (χ4n) is 2.69. The van der Waals surface area contributed by atoms with Crippen LogP contribution >= 0.6 is 0 Å². The molecule has 0 amide bonds. The van der Waals surface area contributed by atoms with E-state index in [9.17, 15) is 10.1 Å². The largest absolute Gasteiger partial charge is 0.493 e. The smallest absolute Gasteiger partial charge is 0.336 e. The molecule has 0 N–H and O–H groups in total. The monoisotopic (exact) mass is 381 g/mol. The molecule has 0 fully saturated rings. The number of esters is 1. The van der Waals surface area contributed by atoms with E-state index in [0.717, 1.165) is 16.7 Å². The van der Waals surface area contributed by atoms with Crippen molar-refractivity contribution in [3.8, 4) is 17.6 Å². The second kappa shape index (κ2) is 9.72. The minimum atomic E-state index is -0.502. The minimum absolute atomic E-state index is 0.311. The highest BCUT2D eigenvalue weighted by Gasteiger charge is 2.09. The maximum atomic E-state index is 12.1. The van der Waals surface area contributed by atoms with Crippen LogP contribution in [0.5, 0.6) is 11.5 Å². The number of benzene rings is 3. The summed E-state index contributed by atoms with van der Waals surface area (Å²) in [6, 6.07) is 26.3. The number of methoxy groups -OCH3 is 1. The second-order valence-corrected chi connectivity index (χ2v) is 6.11. The third-order valence-corrected chi connectivity index (χ3v) is 4.13. The van der Waals surface area contributed by atoms with Crippen molar-refractivity contribution in [2.75, 3.05) is 7.11 Å². The van der Waals surface area contributed by atoms with Gasteiger partial charge in [0.05, 0.1) is 18.8 Å². The van der Waals surface area contributed by atoms with Gasteiger partial charge >= 0.3 is 5.97 Å². The van der Waals surface area contributed by atoms with E-state index in [0.29, 0.717) is 17.1 Å². The Morgan fingerprint density at radius 1 is 0.897 bits per heavy atom. The summed E-state index contributed by atoms with van der Waals surface area (Å²) in [7, 11) is 1.50. The lowest BCUT2D eigenvalue weighted by molar-refractivity contribution is -0.129. The minimum Gasteiger partial charge on any atom is -0.493 e. The van der Waals surface area contributed by atoms with Crippen LogP contribution in [-0.4, -0.2) is 13.1 Å². The fraction of sp³-hybridized carbons (Fsp3) is 0.0400. The van der Waals surface area contributed by atoms with E-state index in [1.165, 1.54) is 13.2 Å². The zero-order valence-corrected chi connectivity index (χ0v) is 15.9. The molecule has 0 aliphatic carbocycles. The number of allylic oxidation sites excluding steroid dienone is 1. The predicted molar refractivity (Wildman–Crippen MR) is 114 cm³/mol. The Labute approximate surface area is 170 Å². The van der Waals surface area contributed by atoms with Crippen molar-refractivity contribution in [1.29, 1.82) is 5.26 Å². The van der Waals surface area contributed by atoms with E-state index in [4.69, 9.17) is 9.47 Å². The molecule has 0 heterocycles. The van der Waals surface area contributed by atoms with Gasteiger partial charge in [-0.05, 0) is 41.0 Å². The van der Waals surface area contributed by atoms with E-state index < -0.39 is 5.97 Å². The summed E-state index contributed by atoms with van der Waals surface area (Å²) >= 11 is 0. The number of rotatable bonds is 6. The average molecular weight is 381 g/mol. The summed E-state index contributed by atoms with van der Waals surface area (Å²) in [5.41, 5.74) is 3.03. The molecule has 4 heteroatoms. The van der Waals surface area contributed by atoms with E-state index in [-0.39, 0.29) is 0 Å². The highest BCUT2D eigenvalue weighted by Crippen LogP contribution is 2.30. The fourth-order valence-corrected chi connectivity index (χ4v) is 2.69. The summed E-state index contributed by atoms with van der Waals surface area (Å²) in [6.45, 7) is 0. The van der Waals surface area contributed by atoms with Crippen molar-refractivity contribution in [3.63, 3.8) is 0 Å². The van der Waals surface area contributed by atoms with Crippen LogP contribution in [-0.2, 0) is 4.79 Å². The summed E-state index contributed by atoms with van der Waals surface area (Å²) in [4.78, 5) is 12.1.